The molecule has 130 valence electrons. The minimum atomic E-state index is -1.04. The number of phenols is 1. The third-order valence-electron chi connectivity index (χ3n) is 3.54. The van der Waals surface area contributed by atoms with Crippen LogP contribution in [0.1, 0.15) is 37.0 Å². The molecule has 0 spiro atoms. The Kier molecular flexibility index (Phi) is 6.46. The summed E-state index contributed by atoms with van der Waals surface area (Å²) in [4.78, 5) is 46.9. The van der Waals surface area contributed by atoms with Gasteiger partial charge in [-0.15, -0.1) is 0 Å². The number of aromatic hydroxyl groups is 1. The van der Waals surface area contributed by atoms with E-state index < -0.39 is 29.6 Å². The second-order valence-corrected chi connectivity index (χ2v) is 5.61. The zero-order valence-corrected chi connectivity index (χ0v) is 13.5. The number of nitrogens with one attached hydrogen (secondary N) is 1. The summed E-state index contributed by atoms with van der Waals surface area (Å²) in [6, 6.07) is 3.23. The summed E-state index contributed by atoms with van der Waals surface area (Å²) in [6.45, 7) is 2.80. The Morgan fingerprint density at radius 2 is 1.83 bits per heavy atom. The number of carbonyl (C=O) groups excluding carboxylic acids is 4. The van der Waals surface area contributed by atoms with Gasteiger partial charge in [0.15, 0.2) is 11.6 Å². The van der Waals surface area contributed by atoms with Crippen LogP contribution in [0.2, 0.25) is 0 Å². The highest BCUT2D eigenvalue weighted by atomic mass is 16.3. The Bertz CT molecular complexity index is 672. The zero-order valence-electron chi connectivity index (χ0n) is 13.5. The van der Waals surface area contributed by atoms with Crippen molar-refractivity contribution >= 4 is 29.1 Å². The van der Waals surface area contributed by atoms with Crippen LogP contribution in [-0.4, -0.2) is 34.5 Å². The van der Waals surface area contributed by atoms with Crippen LogP contribution >= 0.6 is 0 Å². The molecule has 1 aromatic carbocycles. The molecule has 0 aliphatic heterocycles. The maximum Gasteiger partial charge on any atom is 0.224 e. The Morgan fingerprint density at radius 1 is 1.21 bits per heavy atom. The summed E-state index contributed by atoms with van der Waals surface area (Å²) in [5, 5.41) is 12.2. The van der Waals surface area contributed by atoms with E-state index in [-0.39, 0.29) is 35.6 Å². The van der Waals surface area contributed by atoms with Crippen molar-refractivity contribution in [2.24, 2.45) is 11.7 Å². The molecule has 24 heavy (non-hydrogen) atoms. The number of carbonyl (C=O) groups is 4. The number of phenolic OH excluding ortho intramolecular Hbond substituents is 1. The molecule has 0 aliphatic rings. The standard InChI is InChI=1S/C16H21N3O5/c1-8(9(2)20)19-16(24)10(6-15(18)23)5-14(22)12-7-11(17)3-4-13(12)21/h3-4,7-8,10,21H,5-6,17H2,1-2H3,(H2,18,23)(H,19,24)/t8-,10+/m0/s1. The molecule has 2 amide bonds. The quantitative estimate of drug-likeness (QED) is 0.301. The first-order chi connectivity index (χ1) is 11.1. The molecule has 1 aromatic rings. The molecule has 0 unspecified atom stereocenters. The SMILES string of the molecule is CC(=O)[C@H](C)NC(=O)[C@@H](CC(N)=O)CC(=O)c1cc(N)ccc1O. The van der Waals surface area contributed by atoms with Gasteiger partial charge < -0.3 is 21.9 Å². The summed E-state index contributed by atoms with van der Waals surface area (Å²) in [7, 11) is 0. The van der Waals surface area contributed by atoms with Crippen LogP contribution < -0.4 is 16.8 Å². The number of primary amides is 1. The molecule has 0 saturated carbocycles. The second kappa shape index (κ2) is 8.09. The van der Waals surface area contributed by atoms with Gasteiger partial charge in [0.2, 0.25) is 11.8 Å². The van der Waals surface area contributed by atoms with Gasteiger partial charge in [-0.3, -0.25) is 19.2 Å². The van der Waals surface area contributed by atoms with Gasteiger partial charge in [0, 0.05) is 18.5 Å². The number of nitrogens with two attached hydrogens (primary N) is 2. The highest BCUT2D eigenvalue weighted by Crippen LogP contribution is 2.23. The lowest BCUT2D eigenvalue weighted by Gasteiger charge is -2.18. The highest BCUT2D eigenvalue weighted by molar-refractivity contribution is 6.02. The molecule has 0 saturated heterocycles. The lowest BCUT2D eigenvalue weighted by atomic mass is 9.93. The average Bonchev–Trinajstić information content (AvgIpc) is 2.48. The average molecular weight is 335 g/mol. The van der Waals surface area contributed by atoms with Crippen molar-refractivity contribution in [3.8, 4) is 5.75 Å². The van der Waals surface area contributed by atoms with Crippen molar-refractivity contribution < 1.29 is 24.3 Å². The van der Waals surface area contributed by atoms with E-state index in [1.165, 1.54) is 32.0 Å². The first-order valence-corrected chi connectivity index (χ1v) is 7.32. The fourth-order valence-corrected chi connectivity index (χ4v) is 2.04. The van der Waals surface area contributed by atoms with E-state index in [1.807, 2.05) is 0 Å². The summed E-state index contributed by atoms with van der Waals surface area (Å²) >= 11 is 0. The molecule has 2 atom stereocenters. The van der Waals surface area contributed by atoms with Gasteiger partial charge in [-0.1, -0.05) is 0 Å². The number of Topliss-reactive ketones (excluding diaryl/α,β-unsaturated/α-hetero) is 2. The Morgan fingerprint density at radius 3 is 2.38 bits per heavy atom. The third kappa shape index (κ3) is 5.38. The molecule has 6 N–H and O–H groups in total. The molecular weight excluding hydrogens is 314 g/mol. The fourth-order valence-electron chi connectivity index (χ4n) is 2.04. The lowest BCUT2D eigenvalue weighted by molar-refractivity contribution is -0.131. The van der Waals surface area contributed by atoms with E-state index in [2.05, 4.69) is 5.32 Å². The molecule has 0 aliphatic carbocycles. The molecule has 8 nitrogen and oxygen atoms in total. The third-order valence-corrected chi connectivity index (χ3v) is 3.54. The number of anilines is 1. The Balaban J connectivity index is 2.94. The number of nitrogen functional groups attached to an aromatic ring is 1. The van der Waals surface area contributed by atoms with Gasteiger partial charge in [0.05, 0.1) is 17.5 Å². The van der Waals surface area contributed by atoms with Gasteiger partial charge >= 0.3 is 0 Å². The number of hydrogen-bond donors (Lipinski definition) is 4. The van der Waals surface area contributed by atoms with E-state index in [9.17, 15) is 24.3 Å². The van der Waals surface area contributed by atoms with E-state index in [0.717, 1.165) is 0 Å². The smallest absolute Gasteiger partial charge is 0.224 e. The van der Waals surface area contributed by atoms with E-state index in [4.69, 9.17) is 11.5 Å². The Hall–Kier alpha value is -2.90. The number of hydrogen-bond acceptors (Lipinski definition) is 6. The predicted octanol–water partition coefficient (Wildman–Crippen LogP) is 0.133. The number of ketones is 2. The van der Waals surface area contributed by atoms with Crippen LogP contribution in [0, 0.1) is 5.92 Å². The molecule has 1 rings (SSSR count). The summed E-state index contributed by atoms with van der Waals surface area (Å²) < 4.78 is 0. The fraction of sp³-hybridized carbons (Fsp3) is 0.375. The van der Waals surface area contributed by atoms with Gasteiger partial charge in [0.1, 0.15) is 5.75 Å². The highest BCUT2D eigenvalue weighted by Gasteiger charge is 2.27. The summed E-state index contributed by atoms with van der Waals surface area (Å²) in [6.07, 6.45) is -0.707. The van der Waals surface area contributed by atoms with Crippen molar-refractivity contribution in [3.63, 3.8) is 0 Å². The molecule has 0 radical (unpaired) electrons. The predicted molar refractivity (Wildman–Crippen MR) is 87.1 cm³/mol. The van der Waals surface area contributed by atoms with Crippen LogP contribution in [0.15, 0.2) is 18.2 Å². The van der Waals surface area contributed by atoms with Gasteiger partial charge in [-0.05, 0) is 32.0 Å². The van der Waals surface area contributed by atoms with Crippen LogP contribution in [0.3, 0.4) is 0 Å². The second-order valence-electron chi connectivity index (χ2n) is 5.61. The summed E-state index contributed by atoms with van der Waals surface area (Å²) in [5.41, 5.74) is 10.9. The van der Waals surface area contributed by atoms with Crippen molar-refractivity contribution in [2.45, 2.75) is 32.7 Å². The van der Waals surface area contributed by atoms with E-state index >= 15 is 0 Å². The lowest BCUT2D eigenvalue weighted by Crippen LogP contribution is -2.42. The van der Waals surface area contributed by atoms with Gasteiger partial charge in [-0.2, -0.15) is 0 Å². The van der Waals surface area contributed by atoms with Crippen LogP contribution in [0.4, 0.5) is 5.69 Å². The monoisotopic (exact) mass is 335 g/mol. The van der Waals surface area contributed by atoms with Gasteiger partial charge in [-0.25, -0.2) is 0 Å². The molecule has 0 heterocycles. The first-order valence-electron chi connectivity index (χ1n) is 7.32. The number of amides is 2. The van der Waals surface area contributed by atoms with E-state index in [0.29, 0.717) is 0 Å². The van der Waals surface area contributed by atoms with Crippen molar-refractivity contribution in [1.29, 1.82) is 0 Å². The molecule has 8 heteroatoms. The minimum absolute atomic E-state index is 0.0445. The maximum atomic E-state index is 12.3. The topological polar surface area (TPSA) is 153 Å². The normalized spacial score (nSPS) is 12.9. The molecule has 0 fully saturated rings. The van der Waals surface area contributed by atoms with Crippen LogP contribution in [0.25, 0.3) is 0 Å². The van der Waals surface area contributed by atoms with Crippen molar-refractivity contribution in [1.82, 2.24) is 5.32 Å². The van der Waals surface area contributed by atoms with Crippen LogP contribution in [-0.2, 0) is 14.4 Å². The largest absolute Gasteiger partial charge is 0.507 e. The van der Waals surface area contributed by atoms with Gasteiger partial charge in [0.25, 0.3) is 0 Å². The molecular formula is C16H21N3O5. The van der Waals surface area contributed by atoms with Crippen molar-refractivity contribution in [3.05, 3.63) is 23.8 Å². The number of benzene rings is 1. The zero-order chi connectivity index (χ0) is 18.4. The minimum Gasteiger partial charge on any atom is -0.507 e. The van der Waals surface area contributed by atoms with Crippen LogP contribution in [0.5, 0.6) is 5.75 Å². The number of rotatable bonds is 8. The van der Waals surface area contributed by atoms with E-state index in [1.54, 1.807) is 0 Å². The first kappa shape index (κ1) is 19.1. The summed E-state index contributed by atoms with van der Waals surface area (Å²) in [5.74, 6) is -3.52. The maximum absolute atomic E-state index is 12.3. The molecule has 0 aromatic heterocycles. The molecule has 0 bridgehead atoms. The Labute approximate surface area is 139 Å². The van der Waals surface area contributed by atoms with Crippen molar-refractivity contribution in [2.75, 3.05) is 5.73 Å².